The number of hydrogen-bond acceptors (Lipinski definition) is 5. The topological polar surface area (TPSA) is 75.2 Å². The summed E-state index contributed by atoms with van der Waals surface area (Å²) in [6.45, 7) is 4.09. The number of benzene rings is 1. The minimum absolute atomic E-state index is 0.179. The van der Waals surface area contributed by atoms with Crippen molar-refractivity contribution in [1.82, 2.24) is 15.1 Å². The van der Waals surface area contributed by atoms with Crippen LogP contribution in [-0.2, 0) is 9.59 Å². The Labute approximate surface area is 156 Å². The lowest BCUT2D eigenvalue weighted by atomic mass is 10.0. The van der Waals surface area contributed by atoms with Crippen molar-refractivity contribution in [3.63, 3.8) is 0 Å². The first-order chi connectivity index (χ1) is 12.6. The number of likely N-dealkylation sites (tertiary alicyclic amines) is 1. The van der Waals surface area contributed by atoms with E-state index in [0.29, 0.717) is 18.7 Å². The second kappa shape index (κ2) is 8.11. The number of aromatic nitrogens is 2. The first kappa shape index (κ1) is 18.1. The molecular formula is C19H20N4O2S. The summed E-state index contributed by atoms with van der Waals surface area (Å²) in [5.74, 6) is 4.69. The highest BCUT2D eigenvalue weighted by Crippen LogP contribution is 2.26. The molecule has 1 fully saturated rings. The fourth-order valence-corrected chi connectivity index (χ4v) is 3.68. The van der Waals surface area contributed by atoms with Gasteiger partial charge in [-0.05, 0) is 51.2 Å². The SMILES string of the molecule is CC#CC(=O)N1CCCC[C@@H]1C(=O)Nc1cccc(-c2nnc(C)s2)c1. The zero-order valence-corrected chi connectivity index (χ0v) is 15.6. The molecule has 2 amide bonds. The van der Waals surface area contributed by atoms with Crippen molar-refractivity contribution in [2.75, 3.05) is 11.9 Å². The zero-order valence-electron chi connectivity index (χ0n) is 14.8. The number of amides is 2. The Balaban J connectivity index is 1.76. The molecule has 1 aromatic carbocycles. The summed E-state index contributed by atoms with van der Waals surface area (Å²) >= 11 is 1.50. The van der Waals surface area contributed by atoms with Gasteiger partial charge in [0.05, 0.1) is 0 Å². The maximum atomic E-state index is 12.8. The van der Waals surface area contributed by atoms with Gasteiger partial charge >= 0.3 is 0 Å². The van der Waals surface area contributed by atoms with Gasteiger partial charge in [0.2, 0.25) is 5.91 Å². The summed E-state index contributed by atoms with van der Waals surface area (Å²) in [6, 6.07) is 7.02. The molecule has 0 saturated carbocycles. The van der Waals surface area contributed by atoms with Crippen molar-refractivity contribution in [3.05, 3.63) is 29.3 Å². The first-order valence-corrected chi connectivity index (χ1v) is 9.35. The highest BCUT2D eigenvalue weighted by atomic mass is 32.1. The third-order valence-corrected chi connectivity index (χ3v) is 5.09. The molecule has 26 heavy (non-hydrogen) atoms. The average molecular weight is 368 g/mol. The molecule has 0 bridgehead atoms. The Hall–Kier alpha value is -2.72. The standard InChI is InChI=1S/C19H20N4O2S/c1-3-7-17(24)23-11-5-4-10-16(23)18(25)20-15-9-6-8-14(12-15)19-22-21-13(2)26-19/h6,8-9,12,16H,4-5,10-11H2,1-2H3,(H,20,25)/t16-/m1/s1. The van der Waals surface area contributed by atoms with Gasteiger partial charge < -0.3 is 10.2 Å². The van der Waals surface area contributed by atoms with Crippen molar-refractivity contribution in [2.24, 2.45) is 0 Å². The van der Waals surface area contributed by atoms with Gasteiger partial charge in [-0.15, -0.1) is 10.2 Å². The highest BCUT2D eigenvalue weighted by molar-refractivity contribution is 7.14. The van der Waals surface area contributed by atoms with Crippen molar-refractivity contribution >= 4 is 28.8 Å². The number of hydrogen-bond donors (Lipinski definition) is 1. The lowest BCUT2D eigenvalue weighted by Crippen LogP contribution is -2.49. The maximum absolute atomic E-state index is 12.8. The van der Waals surface area contributed by atoms with Crippen LogP contribution in [0.1, 0.15) is 31.2 Å². The quantitative estimate of drug-likeness (QED) is 0.846. The number of aryl methyl sites for hydroxylation is 1. The largest absolute Gasteiger partial charge is 0.324 e. The Bertz CT molecular complexity index is 881. The van der Waals surface area contributed by atoms with Gasteiger partial charge in [-0.2, -0.15) is 0 Å². The van der Waals surface area contributed by atoms with Crippen LogP contribution < -0.4 is 5.32 Å². The van der Waals surface area contributed by atoms with E-state index >= 15 is 0 Å². The monoisotopic (exact) mass is 368 g/mol. The van der Waals surface area contributed by atoms with Crippen LogP contribution in [0, 0.1) is 18.8 Å². The number of nitrogens with one attached hydrogen (secondary N) is 1. The second-order valence-electron chi connectivity index (χ2n) is 6.08. The van der Waals surface area contributed by atoms with Crippen molar-refractivity contribution in [3.8, 4) is 22.4 Å². The van der Waals surface area contributed by atoms with Gasteiger partial charge in [0.25, 0.3) is 5.91 Å². The lowest BCUT2D eigenvalue weighted by Gasteiger charge is -2.33. The molecule has 3 rings (SSSR count). The Morgan fingerprint density at radius 3 is 2.88 bits per heavy atom. The van der Waals surface area contributed by atoms with Crippen LogP contribution in [0.3, 0.4) is 0 Å². The number of carbonyl (C=O) groups excluding carboxylic acids is 2. The van der Waals surface area contributed by atoms with Gasteiger partial charge in [-0.1, -0.05) is 29.4 Å². The Kier molecular flexibility index (Phi) is 5.64. The number of piperidine rings is 1. The normalized spacial score (nSPS) is 16.5. The molecule has 1 aromatic heterocycles. The molecular weight excluding hydrogens is 348 g/mol. The second-order valence-corrected chi connectivity index (χ2v) is 7.26. The van der Waals surface area contributed by atoms with E-state index in [4.69, 9.17) is 0 Å². The fourth-order valence-electron chi connectivity index (χ4n) is 2.99. The predicted octanol–water partition coefficient (Wildman–Crippen LogP) is 2.86. The number of anilines is 1. The Morgan fingerprint density at radius 1 is 1.31 bits per heavy atom. The molecule has 1 saturated heterocycles. The maximum Gasteiger partial charge on any atom is 0.299 e. The van der Waals surface area contributed by atoms with E-state index in [9.17, 15) is 9.59 Å². The van der Waals surface area contributed by atoms with E-state index in [0.717, 1.165) is 28.4 Å². The van der Waals surface area contributed by atoms with Crippen molar-refractivity contribution < 1.29 is 9.59 Å². The van der Waals surface area contributed by atoms with Crippen LogP contribution in [0.2, 0.25) is 0 Å². The van der Waals surface area contributed by atoms with Crippen molar-refractivity contribution in [2.45, 2.75) is 39.2 Å². The Morgan fingerprint density at radius 2 is 2.15 bits per heavy atom. The minimum Gasteiger partial charge on any atom is -0.324 e. The molecule has 1 N–H and O–H groups in total. The molecule has 2 aromatic rings. The van der Waals surface area contributed by atoms with Gasteiger partial charge in [0.1, 0.15) is 16.1 Å². The third kappa shape index (κ3) is 4.09. The van der Waals surface area contributed by atoms with E-state index in [2.05, 4.69) is 27.4 Å². The van der Waals surface area contributed by atoms with Gasteiger partial charge in [-0.25, -0.2) is 0 Å². The molecule has 2 heterocycles. The molecule has 0 unspecified atom stereocenters. The van der Waals surface area contributed by atoms with Gasteiger partial charge in [-0.3, -0.25) is 9.59 Å². The minimum atomic E-state index is -0.482. The van der Waals surface area contributed by atoms with E-state index in [1.54, 1.807) is 11.8 Å². The summed E-state index contributed by atoms with van der Waals surface area (Å²) in [7, 11) is 0. The molecule has 1 aliphatic rings. The summed E-state index contributed by atoms with van der Waals surface area (Å²) in [4.78, 5) is 26.5. The van der Waals surface area contributed by atoms with Crippen LogP contribution in [0.15, 0.2) is 24.3 Å². The third-order valence-electron chi connectivity index (χ3n) is 4.20. The van der Waals surface area contributed by atoms with Crippen LogP contribution in [0.25, 0.3) is 10.6 Å². The molecule has 0 radical (unpaired) electrons. The highest BCUT2D eigenvalue weighted by Gasteiger charge is 2.31. The van der Waals surface area contributed by atoms with E-state index in [1.165, 1.54) is 11.3 Å². The molecule has 7 heteroatoms. The molecule has 0 spiro atoms. The molecule has 6 nitrogen and oxygen atoms in total. The number of rotatable bonds is 3. The average Bonchev–Trinajstić information content (AvgIpc) is 3.08. The number of carbonyl (C=O) groups is 2. The van der Waals surface area contributed by atoms with Crippen LogP contribution in [0.4, 0.5) is 5.69 Å². The predicted molar refractivity (Wildman–Crippen MR) is 102 cm³/mol. The smallest absolute Gasteiger partial charge is 0.299 e. The van der Waals surface area contributed by atoms with E-state index in [-0.39, 0.29) is 11.8 Å². The molecule has 1 aliphatic heterocycles. The number of nitrogens with zero attached hydrogens (tertiary/aromatic N) is 3. The summed E-state index contributed by atoms with van der Waals surface area (Å²) < 4.78 is 0. The summed E-state index contributed by atoms with van der Waals surface area (Å²) in [5.41, 5.74) is 1.58. The van der Waals surface area contributed by atoms with E-state index < -0.39 is 6.04 Å². The summed E-state index contributed by atoms with van der Waals surface area (Å²) in [6.07, 6.45) is 2.47. The fraction of sp³-hybridized carbons (Fsp3) is 0.368. The molecule has 134 valence electrons. The van der Waals surface area contributed by atoms with E-state index in [1.807, 2.05) is 31.2 Å². The lowest BCUT2D eigenvalue weighted by molar-refractivity contribution is -0.135. The summed E-state index contributed by atoms with van der Waals surface area (Å²) in [5, 5.41) is 12.8. The van der Waals surface area contributed by atoms with Crippen LogP contribution in [0.5, 0.6) is 0 Å². The van der Waals surface area contributed by atoms with Crippen LogP contribution >= 0.6 is 11.3 Å². The van der Waals surface area contributed by atoms with Crippen LogP contribution in [-0.4, -0.2) is 39.5 Å². The molecule has 0 aliphatic carbocycles. The van der Waals surface area contributed by atoms with Gasteiger partial charge in [0, 0.05) is 17.8 Å². The van der Waals surface area contributed by atoms with Gasteiger partial charge in [0.15, 0.2) is 0 Å². The molecule has 1 atom stereocenters. The van der Waals surface area contributed by atoms with Crippen molar-refractivity contribution in [1.29, 1.82) is 0 Å². The first-order valence-electron chi connectivity index (χ1n) is 8.53. The zero-order chi connectivity index (χ0) is 18.5.